The molecular formula is C24H26FN7O. The number of rotatable bonds is 12. The number of halogens is 1. The molecule has 0 bridgehead atoms. The average Bonchev–Trinajstić information content (AvgIpc) is 3.49. The van der Waals surface area contributed by atoms with Gasteiger partial charge in [0.15, 0.2) is 11.5 Å². The van der Waals surface area contributed by atoms with Gasteiger partial charge in [-0.05, 0) is 27.6 Å². The fraction of sp³-hybridized carbons (Fsp3) is 0.375. The molecule has 1 aliphatic rings. The number of hydrogen-bond acceptors (Lipinski definition) is 7. The first-order chi connectivity index (χ1) is 16.2. The van der Waals surface area contributed by atoms with Crippen LogP contribution < -0.4 is 10.1 Å². The van der Waals surface area contributed by atoms with Crippen molar-refractivity contribution in [1.29, 1.82) is 0 Å². The molecule has 9 heteroatoms. The van der Waals surface area contributed by atoms with Gasteiger partial charge in [0.1, 0.15) is 12.4 Å². The third-order valence-electron chi connectivity index (χ3n) is 5.72. The van der Waals surface area contributed by atoms with Gasteiger partial charge in [-0.2, -0.15) is 10.2 Å². The fourth-order valence-electron chi connectivity index (χ4n) is 3.77. The zero-order valence-electron chi connectivity index (χ0n) is 18.5. The standard InChI is InChI=1S/C24H26FN7O/c1-3-4-13-24(28-29-24)14-15-26-22(19-11-9-18(16-25)10-12-19)23-27-30-31-32(23)17-20-7-5-6-8-21(20)33-2/h1,5-12,22,26H,4,13-17H2,2H3. The van der Waals surface area contributed by atoms with Crippen molar-refractivity contribution < 1.29 is 9.13 Å². The van der Waals surface area contributed by atoms with Gasteiger partial charge < -0.3 is 10.1 Å². The lowest BCUT2D eigenvalue weighted by molar-refractivity contribution is 0.405. The van der Waals surface area contributed by atoms with Gasteiger partial charge in [0.2, 0.25) is 0 Å². The summed E-state index contributed by atoms with van der Waals surface area (Å²) >= 11 is 0. The van der Waals surface area contributed by atoms with Gasteiger partial charge in [-0.25, -0.2) is 9.07 Å². The Morgan fingerprint density at radius 2 is 1.94 bits per heavy atom. The Bertz CT molecular complexity index is 1130. The quantitative estimate of drug-likeness (QED) is 0.426. The zero-order valence-corrected chi connectivity index (χ0v) is 18.5. The average molecular weight is 448 g/mol. The van der Waals surface area contributed by atoms with E-state index in [1.807, 2.05) is 36.4 Å². The Kier molecular flexibility index (Phi) is 7.05. The van der Waals surface area contributed by atoms with Crippen LogP contribution in [0.25, 0.3) is 0 Å². The lowest BCUT2D eigenvalue weighted by Crippen LogP contribution is -2.30. The van der Waals surface area contributed by atoms with Crippen LogP contribution in [-0.4, -0.2) is 39.5 Å². The molecule has 0 aliphatic carbocycles. The first-order valence-corrected chi connectivity index (χ1v) is 10.8. The summed E-state index contributed by atoms with van der Waals surface area (Å²) < 4.78 is 20.3. The Hall–Kier alpha value is -3.64. The van der Waals surface area contributed by atoms with Gasteiger partial charge in [0.25, 0.3) is 0 Å². The van der Waals surface area contributed by atoms with Crippen molar-refractivity contribution in [3.63, 3.8) is 0 Å². The highest BCUT2D eigenvalue weighted by atomic mass is 19.1. The van der Waals surface area contributed by atoms with Gasteiger partial charge in [-0.15, -0.1) is 17.4 Å². The number of para-hydroxylation sites is 1. The Labute approximate surface area is 192 Å². The Morgan fingerprint density at radius 1 is 1.15 bits per heavy atom. The largest absolute Gasteiger partial charge is 0.496 e. The fourth-order valence-corrected chi connectivity index (χ4v) is 3.77. The summed E-state index contributed by atoms with van der Waals surface area (Å²) in [6.07, 6.45) is 7.50. The van der Waals surface area contributed by atoms with Crippen LogP contribution in [-0.2, 0) is 13.2 Å². The van der Waals surface area contributed by atoms with E-state index in [2.05, 4.69) is 37.0 Å². The molecule has 0 saturated carbocycles. The van der Waals surface area contributed by atoms with Crippen molar-refractivity contribution in [3.05, 3.63) is 71.0 Å². The smallest absolute Gasteiger partial charge is 0.193 e. The molecule has 0 radical (unpaired) electrons. The van der Waals surface area contributed by atoms with E-state index in [9.17, 15) is 4.39 Å². The van der Waals surface area contributed by atoms with Crippen molar-refractivity contribution in [1.82, 2.24) is 25.5 Å². The summed E-state index contributed by atoms with van der Waals surface area (Å²) in [5.41, 5.74) is 2.13. The third kappa shape index (κ3) is 5.41. The molecule has 1 unspecified atom stereocenters. The lowest BCUT2D eigenvalue weighted by Gasteiger charge is -2.20. The second-order valence-corrected chi connectivity index (χ2v) is 7.91. The van der Waals surface area contributed by atoms with Gasteiger partial charge in [-0.1, -0.05) is 42.5 Å². The van der Waals surface area contributed by atoms with Crippen molar-refractivity contribution in [2.24, 2.45) is 10.2 Å². The van der Waals surface area contributed by atoms with E-state index in [1.165, 1.54) is 0 Å². The predicted octanol–water partition coefficient (Wildman–Crippen LogP) is 3.84. The summed E-state index contributed by atoms with van der Waals surface area (Å²) in [6, 6.07) is 14.8. The number of nitrogens with one attached hydrogen (secondary N) is 1. The number of aromatic nitrogens is 4. The molecule has 0 saturated heterocycles. The summed E-state index contributed by atoms with van der Waals surface area (Å²) in [6.45, 7) is 0.573. The maximum Gasteiger partial charge on any atom is 0.193 e. The minimum absolute atomic E-state index is 0.299. The normalized spacial score (nSPS) is 14.6. The van der Waals surface area contributed by atoms with E-state index in [1.54, 1.807) is 23.9 Å². The lowest BCUT2D eigenvalue weighted by atomic mass is 10.0. The summed E-state index contributed by atoms with van der Waals surface area (Å²) in [5, 5.41) is 24.4. The first kappa shape index (κ1) is 22.6. The second kappa shape index (κ2) is 10.3. The highest BCUT2D eigenvalue weighted by Crippen LogP contribution is 2.36. The van der Waals surface area contributed by atoms with E-state index in [4.69, 9.17) is 11.2 Å². The number of tetrazole rings is 1. The van der Waals surface area contributed by atoms with Crippen LogP contribution in [0.4, 0.5) is 4.39 Å². The van der Waals surface area contributed by atoms with Crippen molar-refractivity contribution in [3.8, 4) is 18.1 Å². The number of alkyl halides is 1. The number of hydrogen-bond donors (Lipinski definition) is 1. The second-order valence-electron chi connectivity index (χ2n) is 7.91. The van der Waals surface area contributed by atoms with Crippen molar-refractivity contribution in [2.75, 3.05) is 13.7 Å². The van der Waals surface area contributed by atoms with Gasteiger partial charge >= 0.3 is 0 Å². The third-order valence-corrected chi connectivity index (χ3v) is 5.72. The monoisotopic (exact) mass is 447 g/mol. The Morgan fingerprint density at radius 3 is 2.64 bits per heavy atom. The molecule has 170 valence electrons. The van der Waals surface area contributed by atoms with E-state index in [0.29, 0.717) is 30.9 Å². The van der Waals surface area contributed by atoms with Crippen LogP contribution in [0.5, 0.6) is 5.75 Å². The van der Waals surface area contributed by atoms with Crippen LogP contribution in [0.15, 0.2) is 58.8 Å². The molecule has 2 heterocycles. The predicted molar refractivity (Wildman–Crippen MR) is 121 cm³/mol. The molecule has 3 aromatic rings. The maximum atomic E-state index is 13.1. The minimum atomic E-state index is -0.509. The molecule has 0 spiro atoms. The van der Waals surface area contributed by atoms with Crippen LogP contribution in [0.1, 0.15) is 47.8 Å². The van der Waals surface area contributed by atoms with Gasteiger partial charge in [0, 0.05) is 31.4 Å². The molecular weight excluding hydrogens is 421 g/mol. The van der Waals surface area contributed by atoms with Crippen LogP contribution in [0.2, 0.25) is 0 Å². The number of terminal acetylenes is 1. The van der Waals surface area contributed by atoms with Crippen molar-refractivity contribution in [2.45, 2.75) is 44.2 Å². The van der Waals surface area contributed by atoms with Crippen molar-refractivity contribution >= 4 is 0 Å². The highest BCUT2D eigenvalue weighted by molar-refractivity contribution is 5.34. The summed E-state index contributed by atoms with van der Waals surface area (Å²) in [5.74, 6) is 4.07. The topological polar surface area (TPSA) is 89.6 Å². The molecule has 1 N–H and O–H groups in total. The van der Waals surface area contributed by atoms with E-state index >= 15 is 0 Å². The molecule has 1 aliphatic heterocycles. The van der Waals surface area contributed by atoms with E-state index in [-0.39, 0.29) is 11.7 Å². The van der Waals surface area contributed by atoms with Crippen LogP contribution >= 0.6 is 0 Å². The number of nitrogens with zero attached hydrogens (tertiary/aromatic N) is 6. The minimum Gasteiger partial charge on any atom is -0.496 e. The highest BCUT2D eigenvalue weighted by Gasteiger charge is 2.38. The molecule has 1 atom stereocenters. The molecule has 4 rings (SSSR count). The van der Waals surface area contributed by atoms with E-state index in [0.717, 1.165) is 29.7 Å². The number of ether oxygens (including phenoxy) is 1. The van der Waals surface area contributed by atoms with E-state index < -0.39 is 6.67 Å². The molecule has 1 aromatic heterocycles. The Balaban J connectivity index is 1.56. The summed E-state index contributed by atoms with van der Waals surface area (Å²) in [7, 11) is 1.64. The van der Waals surface area contributed by atoms with Crippen LogP contribution in [0.3, 0.4) is 0 Å². The zero-order chi connectivity index (χ0) is 23.1. The summed E-state index contributed by atoms with van der Waals surface area (Å²) in [4.78, 5) is 0. The molecule has 0 amide bonds. The number of methoxy groups -OCH3 is 1. The molecule has 2 aromatic carbocycles. The molecule has 33 heavy (non-hydrogen) atoms. The first-order valence-electron chi connectivity index (χ1n) is 10.8. The van der Waals surface area contributed by atoms with Gasteiger partial charge in [-0.3, -0.25) is 0 Å². The molecule has 0 fully saturated rings. The van der Waals surface area contributed by atoms with Gasteiger partial charge in [0.05, 0.1) is 19.7 Å². The molecule has 8 nitrogen and oxygen atoms in total. The SMILES string of the molecule is C#CCCC1(CCNC(c2ccc(CF)cc2)c2nnnn2Cc2ccccc2OC)N=N1. The maximum absolute atomic E-state index is 13.1. The number of benzene rings is 2. The van der Waals surface area contributed by atoms with Crippen LogP contribution in [0, 0.1) is 12.3 Å².